The summed E-state index contributed by atoms with van der Waals surface area (Å²) in [6.45, 7) is -0.436. The zero-order valence-corrected chi connectivity index (χ0v) is 26.1. The van der Waals surface area contributed by atoms with Gasteiger partial charge in [0.1, 0.15) is 46.2 Å². The van der Waals surface area contributed by atoms with Crippen LogP contribution in [0.5, 0.6) is 11.5 Å². The van der Waals surface area contributed by atoms with Gasteiger partial charge in [-0.05, 0) is 84.4 Å². The summed E-state index contributed by atoms with van der Waals surface area (Å²) in [5.41, 5.74) is 3.39. The maximum atomic E-state index is 15.2. The Kier molecular flexibility index (Phi) is 7.92. The summed E-state index contributed by atoms with van der Waals surface area (Å²) >= 11 is 3.06. The van der Waals surface area contributed by atoms with Crippen molar-refractivity contribution in [2.24, 2.45) is 11.7 Å². The van der Waals surface area contributed by atoms with Crippen molar-refractivity contribution in [2.45, 2.75) is 44.3 Å². The van der Waals surface area contributed by atoms with E-state index in [2.05, 4.69) is 36.0 Å². The molecule has 2 atom stereocenters. The predicted octanol–water partition coefficient (Wildman–Crippen LogP) is 5.41. The van der Waals surface area contributed by atoms with E-state index in [0.717, 1.165) is 11.6 Å². The van der Waals surface area contributed by atoms with E-state index in [-0.39, 0.29) is 68.6 Å². The minimum absolute atomic E-state index is 0.00179. The molecule has 6 rings (SSSR count). The van der Waals surface area contributed by atoms with E-state index >= 15 is 4.39 Å². The maximum Gasteiger partial charge on any atom is 0.387 e. The maximum absolute atomic E-state index is 15.2. The highest BCUT2D eigenvalue weighted by Gasteiger charge is 2.50. The highest BCUT2D eigenvalue weighted by Crippen LogP contribution is 2.50. The second kappa shape index (κ2) is 11.5. The van der Waals surface area contributed by atoms with Crippen LogP contribution in [0.3, 0.4) is 0 Å². The van der Waals surface area contributed by atoms with Crippen LogP contribution in [0.1, 0.15) is 46.9 Å². The number of hydrogen-bond donors (Lipinski definition) is 3. The number of nitrogens with one attached hydrogen (secondary N) is 1. The summed E-state index contributed by atoms with van der Waals surface area (Å²) in [4.78, 5) is 34.8. The molecule has 2 amide bonds. The van der Waals surface area contributed by atoms with E-state index in [0.29, 0.717) is 24.3 Å². The van der Waals surface area contributed by atoms with Gasteiger partial charge < -0.3 is 25.6 Å². The topological polar surface area (TPSA) is 137 Å². The molecule has 46 heavy (non-hydrogen) atoms. The molecule has 4 aromatic rings. The molecule has 0 spiro atoms. The Morgan fingerprint density at radius 2 is 1.93 bits per heavy atom. The molecule has 3 heterocycles. The number of nitrogens with two attached hydrogens (primary N) is 1. The molecule has 1 aliphatic heterocycles. The van der Waals surface area contributed by atoms with Gasteiger partial charge >= 0.3 is 6.61 Å². The summed E-state index contributed by atoms with van der Waals surface area (Å²) in [6.07, 6.45) is 2.61. The lowest BCUT2D eigenvalue weighted by atomic mass is 9.81. The van der Waals surface area contributed by atoms with Crippen molar-refractivity contribution in [1.82, 2.24) is 15.3 Å². The molecule has 1 aliphatic carbocycles. The average Bonchev–Trinajstić information content (AvgIpc) is 3.80. The molecule has 1 saturated carbocycles. The lowest BCUT2D eigenvalue weighted by Crippen LogP contribution is -2.44. The van der Waals surface area contributed by atoms with Crippen molar-refractivity contribution in [3.63, 3.8) is 0 Å². The fourth-order valence-electron chi connectivity index (χ4n) is 5.66. The van der Waals surface area contributed by atoms with E-state index in [1.54, 1.807) is 19.9 Å². The van der Waals surface area contributed by atoms with Crippen molar-refractivity contribution in [3.05, 3.63) is 81.1 Å². The summed E-state index contributed by atoms with van der Waals surface area (Å²) in [5.74, 6) is -3.89. The lowest BCUT2D eigenvalue weighted by Gasteiger charge is -2.30. The number of fused-ring (bicyclic) bond motifs is 2. The smallest absolute Gasteiger partial charge is 0.387 e. The Morgan fingerprint density at radius 1 is 1.20 bits per heavy atom. The van der Waals surface area contributed by atoms with E-state index in [1.165, 1.54) is 24.4 Å². The summed E-state index contributed by atoms with van der Waals surface area (Å²) in [5, 5.41) is 15.2. The normalized spacial score (nSPS) is 18.6. The molecular formula is C32H27BrF4N4O5. The van der Waals surface area contributed by atoms with Crippen LogP contribution in [0.25, 0.3) is 22.2 Å². The first-order chi connectivity index (χ1) is 21.7. The molecule has 0 unspecified atom stereocenters. The fourth-order valence-corrected chi connectivity index (χ4v) is 6.00. The van der Waals surface area contributed by atoms with Crippen LogP contribution in [0.15, 0.2) is 47.1 Å². The van der Waals surface area contributed by atoms with Gasteiger partial charge in [-0.1, -0.05) is 0 Å². The number of alkyl halides is 2. The number of hydrogen-bond acceptors (Lipinski definition) is 7. The van der Waals surface area contributed by atoms with Gasteiger partial charge in [-0.3, -0.25) is 14.6 Å². The van der Waals surface area contributed by atoms with Crippen LogP contribution in [-0.2, 0) is 15.8 Å². The second-order valence-electron chi connectivity index (χ2n) is 11.8. The average molecular weight is 703 g/mol. The molecule has 0 radical (unpaired) electrons. The number of pyridine rings is 2. The molecule has 14 heteroatoms. The van der Waals surface area contributed by atoms with Crippen molar-refractivity contribution >= 4 is 38.6 Å². The second-order valence-corrected chi connectivity index (χ2v) is 12.6. The Labute approximate surface area is 268 Å². The molecule has 2 aromatic carbocycles. The summed E-state index contributed by atoms with van der Waals surface area (Å²) in [6, 6.07) is 7.57. The van der Waals surface area contributed by atoms with Crippen LogP contribution in [0.2, 0.25) is 0 Å². The first-order valence-corrected chi connectivity index (χ1v) is 15.0. The number of benzene rings is 2. The van der Waals surface area contributed by atoms with Gasteiger partial charge in [0.2, 0.25) is 5.91 Å². The van der Waals surface area contributed by atoms with Crippen LogP contribution < -0.4 is 20.5 Å². The number of halogens is 5. The number of carbonyl (C=O) groups excluding carboxylic acids is 2. The highest BCUT2D eigenvalue weighted by atomic mass is 79.9. The van der Waals surface area contributed by atoms with E-state index in [9.17, 15) is 27.9 Å². The van der Waals surface area contributed by atoms with E-state index in [1.807, 2.05) is 0 Å². The third kappa shape index (κ3) is 5.53. The van der Waals surface area contributed by atoms with Gasteiger partial charge in [0.05, 0.1) is 16.7 Å². The number of aromatic nitrogens is 2. The first-order valence-electron chi connectivity index (χ1n) is 14.2. The Hall–Kier alpha value is -4.30. The van der Waals surface area contributed by atoms with Gasteiger partial charge in [-0.2, -0.15) is 8.78 Å². The van der Waals surface area contributed by atoms with Crippen molar-refractivity contribution in [3.8, 4) is 22.8 Å². The minimum Gasteiger partial charge on any atom is -0.489 e. The standard InChI is InChI=1S/C32H27BrF4N4O5/c1-14-5-15-6-16(7-23(46-30(36)37)25(15)39-11-14)28(42)40-12-32(44,17-3-4-17)24-9-19-27(45-13-31(19,2)29(38)43)26(41-24)18-8-20(33)22(35)10-21(18)34/h5-11,17,30,44H,3-4,12-13H2,1-2H3,(H2,38,43)(H,40,42)/t31-,32+/m0/s1. The van der Waals surface area contributed by atoms with Crippen LogP contribution in [0.4, 0.5) is 17.6 Å². The molecular weight excluding hydrogens is 676 g/mol. The number of amides is 2. The summed E-state index contributed by atoms with van der Waals surface area (Å²) < 4.78 is 66.1. The van der Waals surface area contributed by atoms with Gasteiger partial charge in [0.25, 0.3) is 5.91 Å². The zero-order valence-electron chi connectivity index (χ0n) is 24.5. The number of aliphatic hydroxyl groups is 1. The zero-order chi connectivity index (χ0) is 33.1. The monoisotopic (exact) mass is 702 g/mol. The third-order valence-corrected chi connectivity index (χ3v) is 9.07. The Morgan fingerprint density at radius 3 is 2.61 bits per heavy atom. The lowest BCUT2D eigenvalue weighted by molar-refractivity contribution is -0.123. The summed E-state index contributed by atoms with van der Waals surface area (Å²) in [7, 11) is 0. The van der Waals surface area contributed by atoms with Crippen LogP contribution in [0, 0.1) is 24.5 Å². The number of ether oxygens (including phenoxy) is 2. The number of aryl methyl sites for hydroxylation is 1. The van der Waals surface area contributed by atoms with Gasteiger partial charge in [-0.25, -0.2) is 13.8 Å². The van der Waals surface area contributed by atoms with Crippen LogP contribution >= 0.6 is 15.9 Å². The van der Waals surface area contributed by atoms with Gasteiger partial charge in [0.15, 0.2) is 5.75 Å². The molecule has 1 fully saturated rings. The molecule has 240 valence electrons. The van der Waals surface area contributed by atoms with Gasteiger partial charge in [0, 0.05) is 34.3 Å². The van der Waals surface area contributed by atoms with Gasteiger partial charge in [-0.15, -0.1) is 0 Å². The molecule has 2 aromatic heterocycles. The van der Waals surface area contributed by atoms with E-state index < -0.39 is 41.1 Å². The largest absolute Gasteiger partial charge is 0.489 e. The minimum atomic E-state index is -3.16. The van der Waals surface area contributed by atoms with Crippen LogP contribution in [-0.4, -0.2) is 46.7 Å². The number of primary amides is 1. The molecule has 0 bridgehead atoms. The number of nitrogens with zero attached hydrogens (tertiary/aromatic N) is 2. The number of rotatable bonds is 9. The fraction of sp³-hybridized carbons (Fsp3) is 0.312. The Balaban J connectivity index is 1.42. The SMILES string of the molecule is Cc1cnc2c(OC(F)F)cc(C(=O)NC[C@](O)(c3cc4c(c(-c5cc(Br)c(F)cc5F)n3)OC[C@]4(C)C(N)=O)C3CC3)cc2c1. The molecule has 4 N–H and O–H groups in total. The first kappa shape index (κ1) is 31.7. The third-order valence-electron chi connectivity index (χ3n) is 8.46. The molecule has 2 aliphatic rings. The van der Waals surface area contributed by atoms with Crippen molar-refractivity contribution < 1.29 is 41.7 Å². The van der Waals surface area contributed by atoms with E-state index in [4.69, 9.17) is 10.5 Å². The number of carbonyl (C=O) groups is 2. The Bertz CT molecular complexity index is 1920. The quantitative estimate of drug-likeness (QED) is 0.157. The predicted molar refractivity (Wildman–Crippen MR) is 161 cm³/mol. The molecule has 9 nitrogen and oxygen atoms in total. The highest BCUT2D eigenvalue weighted by molar-refractivity contribution is 9.10. The molecule has 0 saturated heterocycles. The van der Waals surface area contributed by atoms with Crippen molar-refractivity contribution in [2.75, 3.05) is 13.2 Å². The van der Waals surface area contributed by atoms with Crippen molar-refractivity contribution in [1.29, 1.82) is 0 Å².